The zero-order chi connectivity index (χ0) is 12.9. The normalized spacial score (nSPS) is 10.9. The van der Waals surface area contributed by atoms with Crippen LogP contribution in [-0.2, 0) is 14.3 Å². The van der Waals surface area contributed by atoms with Crippen LogP contribution in [0.3, 0.4) is 0 Å². The summed E-state index contributed by atoms with van der Waals surface area (Å²) >= 11 is 0. The van der Waals surface area contributed by atoms with Crippen molar-refractivity contribution >= 4 is 15.8 Å². The van der Waals surface area contributed by atoms with Crippen molar-refractivity contribution in [2.45, 2.75) is 25.2 Å². The predicted molar refractivity (Wildman–Crippen MR) is 63.4 cm³/mol. The Hall–Kier alpha value is -1.56. The minimum absolute atomic E-state index is 0.0502. The van der Waals surface area contributed by atoms with Gasteiger partial charge in [-0.25, -0.2) is 0 Å². The molecule has 0 aliphatic heterocycles. The quantitative estimate of drug-likeness (QED) is 0.350. The third-order valence-electron chi connectivity index (χ3n) is 1.98. The molecule has 0 heterocycles. The zero-order valence-corrected chi connectivity index (χ0v) is 10.4. The second-order valence-electron chi connectivity index (χ2n) is 3.44. The Labute approximate surface area is 100.0 Å². The van der Waals surface area contributed by atoms with Gasteiger partial charge in [0.15, 0.2) is 0 Å². The fourth-order valence-corrected chi connectivity index (χ4v) is 2.42. The Bertz CT molecular complexity index is 548. The first-order chi connectivity index (χ1) is 8.01. The topological polar surface area (TPSA) is 92.1 Å². The summed E-state index contributed by atoms with van der Waals surface area (Å²) in [6.07, 6.45) is 0.585. The van der Waals surface area contributed by atoms with E-state index >= 15 is 0 Å². The van der Waals surface area contributed by atoms with Gasteiger partial charge in [-0.05, 0) is 30.5 Å². The fraction of sp³-hybridized carbons (Fsp3) is 0.400. The number of benzene rings is 1. The van der Waals surface area contributed by atoms with Crippen molar-refractivity contribution in [2.75, 3.05) is 6.61 Å². The van der Waals surface area contributed by atoms with Crippen LogP contribution in [0.1, 0.15) is 18.9 Å². The molecule has 0 atom stereocenters. The molecule has 1 rings (SSSR count). The highest BCUT2D eigenvalue weighted by Gasteiger charge is 2.18. The van der Waals surface area contributed by atoms with Gasteiger partial charge in [0.1, 0.15) is 4.90 Å². The van der Waals surface area contributed by atoms with Gasteiger partial charge in [-0.3, -0.25) is 4.18 Å². The number of rotatable bonds is 5. The van der Waals surface area contributed by atoms with Gasteiger partial charge < -0.3 is 0 Å². The van der Waals surface area contributed by atoms with Crippen LogP contribution in [0.4, 0.5) is 5.69 Å². The van der Waals surface area contributed by atoms with Crippen molar-refractivity contribution in [3.8, 4) is 0 Å². The number of hydrogen-bond acceptors (Lipinski definition) is 4. The second kappa shape index (κ2) is 5.67. The van der Waals surface area contributed by atoms with Crippen LogP contribution in [-0.4, -0.2) is 15.0 Å². The molecule has 0 aromatic heterocycles. The Balaban J connectivity index is 3.28. The number of nitrogens with zero attached hydrogens (tertiary/aromatic N) is 3. The summed E-state index contributed by atoms with van der Waals surface area (Å²) in [6.45, 7) is 3.66. The maximum atomic E-state index is 11.8. The lowest BCUT2D eigenvalue weighted by Gasteiger charge is -2.07. The summed E-state index contributed by atoms with van der Waals surface area (Å²) in [5.41, 5.74) is 9.18. The van der Waals surface area contributed by atoms with Gasteiger partial charge in [0.2, 0.25) is 0 Å². The molecule has 0 saturated carbocycles. The van der Waals surface area contributed by atoms with Crippen LogP contribution < -0.4 is 0 Å². The lowest BCUT2D eigenvalue weighted by Crippen LogP contribution is -2.07. The zero-order valence-electron chi connectivity index (χ0n) is 9.62. The molecule has 17 heavy (non-hydrogen) atoms. The van der Waals surface area contributed by atoms with E-state index in [0.717, 1.165) is 5.56 Å². The van der Waals surface area contributed by atoms with Crippen molar-refractivity contribution in [1.29, 1.82) is 0 Å². The van der Waals surface area contributed by atoms with E-state index in [1.165, 1.54) is 12.1 Å². The summed E-state index contributed by atoms with van der Waals surface area (Å²) in [6, 6.07) is 4.55. The highest BCUT2D eigenvalue weighted by atomic mass is 32.2. The van der Waals surface area contributed by atoms with Crippen molar-refractivity contribution in [3.63, 3.8) is 0 Å². The number of azide groups is 1. The van der Waals surface area contributed by atoms with Gasteiger partial charge in [-0.2, -0.15) is 8.42 Å². The summed E-state index contributed by atoms with van der Waals surface area (Å²) in [5.74, 6) is 0. The van der Waals surface area contributed by atoms with Crippen LogP contribution in [0.5, 0.6) is 0 Å². The van der Waals surface area contributed by atoms with E-state index in [-0.39, 0.29) is 17.2 Å². The molecule has 0 fully saturated rings. The smallest absolute Gasteiger partial charge is 0.266 e. The van der Waals surface area contributed by atoms with Gasteiger partial charge in [0.25, 0.3) is 10.1 Å². The molecule has 7 heteroatoms. The van der Waals surface area contributed by atoms with Gasteiger partial charge in [-0.15, -0.1) is 0 Å². The standard InChI is InChI=1S/C10H13N3O3S/c1-3-6-16-17(14,15)10-7-8(2)4-5-9(10)12-13-11/h4-5,7H,3,6H2,1-2H3. The largest absolute Gasteiger partial charge is 0.297 e. The summed E-state index contributed by atoms with van der Waals surface area (Å²) in [5, 5.41) is 3.34. The third kappa shape index (κ3) is 3.45. The molecule has 6 nitrogen and oxygen atoms in total. The van der Waals surface area contributed by atoms with E-state index in [9.17, 15) is 8.42 Å². The van der Waals surface area contributed by atoms with Crippen LogP contribution >= 0.6 is 0 Å². The van der Waals surface area contributed by atoms with Crippen LogP contribution in [0.15, 0.2) is 28.2 Å². The lowest BCUT2D eigenvalue weighted by atomic mass is 10.2. The highest BCUT2D eigenvalue weighted by Crippen LogP contribution is 2.27. The highest BCUT2D eigenvalue weighted by molar-refractivity contribution is 7.87. The van der Waals surface area contributed by atoms with E-state index in [4.69, 9.17) is 9.71 Å². The van der Waals surface area contributed by atoms with Crippen molar-refractivity contribution in [2.24, 2.45) is 5.11 Å². The molecule has 1 aromatic rings. The first-order valence-electron chi connectivity index (χ1n) is 5.06. The molecule has 0 amide bonds. The summed E-state index contributed by atoms with van der Waals surface area (Å²) < 4.78 is 28.5. The average Bonchev–Trinajstić information content (AvgIpc) is 2.29. The molecule has 0 radical (unpaired) electrons. The summed E-state index contributed by atoms with van der Waals surface area (Å²) in [4.78, 5) is 2.50. The minimum Gasteiger partial charge on any atom is -0.266 e. The monoisotopic (exact) mass is 255 g/mol. The fourth-order valence-electron chi connectivity index (χ4n) is 1.21. The van der Waals surface area contributed by atoms with Crippen molar-refractivity contribution in [3.05, 3.63) is 34.2 Å². The van der Waals surface area contributed by atoms with Crippen LogP contribution in [0.2, 0.25) is 0 Å². The molecular formula is C10H13N3O3S. The van der Waals surface area contributed by atoms with Crippen LogP contribution in [0.25, 0.3) is 10.4 Å². The number of hydrogen-bond donors (Lipinski definition) is 0. The second-order valence-corrected chi connectivity index (χ2v) is 5.02. The molecule has 0 aliphatic rings. The third-order valence-corrected chi connectivity index (χ3v) is 3.32. The first kappa shape index (κ1) is 13.5. The predicted octanol–water partition coefficient (Wildman–Crippen LogP) is 3.05. The van der Waals surface area contributed by atoms with E-state index in [1.54, 1.807) is 19.9 Å². The van der Waals surface area contributed by atoms with E-state index < -0.39 is 10.1 Å². The number of aryl methyl sites for hydroxylation is 1. The molecule has 0 spiro atoms. The van der Waals surface area contributed by atoms with Crippen molar-refractivity contribution in [1.82, 2.24) is 0 Å². The van der Waals surface area contributed by atoms with Gasteiger partial charge in [-0.1, -0.05) is 24.2 Å². The van der Waals surface area contributed by atoms with E-state index in [0.29, 0.717) is 6.42 Å². The Morgan fingerprint density at radius 3 is 2.76 bits per heavy atom. The Kier molecular flexibility index (Phi) is 4.51. The minimum atomic E-state index is -3.86. The molecule has 0 N–H and O–H groups in total. The molecule has 0 aliphatic carbocycles. The molecule has 0 saturated heterocycles. The molecule has 0 bridgehead atoms. The van der Waals surface area contributed by atoms with Crippen molar-refractivity contribution < 1.29 is 12.6 Å². The van der Waals surface area contributed by atoms with Crippen LogP contribution in [0, 0.1) is 6.92 Å². The van der Waals surface area contributed by atoms with E-state index in [2.05, 4.69) is 10.0 Å². The van der Waals surface area contributed by atoms with Gasteiger partial charge >= 0.3 is 0 Å². The maximum Gasteiger partial charge on any atom is 0.297 e. The SMILES string of the molecule is CCCOS(=O)(=O)c1cc(C)ccc1N=[N+]=[N-]. The van der Waals surface area contributed by atoms with Gasteiger partial charge in [0.05, 0.1) is 12.3 Å². The van der Waals surface area contributed by atoms with Gasteiger partial charge in [0, 0.05) is 4.91 Å². The molecule has 92 valence electrons. The maximum absolute atomic E-state index is 11.8. The Morgan fingerprint density at radius 1 is 1.47 bits per heavy atom. The first-order valence-corrected chi connectivity index (χ1v) is 6.47. The lowest BCUT2D eigenvalue weighted by molar-refractivity contribution is 0.318. The molecular weight excluding hydrogens is 242 g/mol. The summed E-state index contributed by atoms with van der Waals surface area (Å²) in [7, 11) is -3.86. The average molecular weight is 255 g/mol. The van der Waals surface area contributed by atoms with E-state index in [1.807, 2.05) is 0 Å². The molecule has 1 aromatic carbocycles. The molecule has 0 unspecified atom stereocenters. The Morgan fingerprint density at radius 2 is 2.18 bits per heavy atom.